The Balaban J connectivity index is 1.71. The molecule has 1 aliphatic heterocycles. The molecule has 0 bridgehead atoms. The molecule has 1 fully saturated rings. The predicted molar refractivity (Wildman–Crippen MR) is 116 cm³/mol. The number of rotatable bonds is 8. The fourth-order valence-electron chi connectivity index (χ4n) is 4.20. The maximum atomic E-state index is 13.4. The number of hydrogen-bond acceptors (Lipinski definition) is 6. The van der Waals surface area contributed by atoms with Gasteiger partial charge in [0.1, 0.15) is 11.5 Å². The number of carbonyl (C=O) groups is 3. The molecule has 7 heteroatoms. The normalized spacial score (nSPS) is 19.0. The van der Waals surface area contributed by atoms with Gasteiger partial charge in [-0.25, -0.2) is 0 Å². The van der Waals surface area contributed by atoms with E-state index >= 15 is 0 Å². The molecule has 0 saturated carbocycles. The van der Waals surface area contributed by atoms with Crippen LogP contribution in [0.4, 0.5) is 0 Å². The molecule has 1 amide bonds. The van der Waals surface area contributed by atoms with Gasteiger partial charge in [0.2, 0.25) is 11.6 Å². The second-order valence-electron chi connectivity index (χ2n) is 7.61. The highest BCUT2D eigenvalue weighted by atomic mass is 16.3. The van der Waals surface area contributed by atoms with Crippen molar-refractivity contribution in [1.29, 1.82) is 0 Å². The van der Waals surface area contributed by atoms with Gasteiger partial charge in [0.25, 0.3) is 5.91 Å². The molecule has 1 aliphatic rings. The van der Waals surface area contributed by atoms with E-state index in [2.05, 4.69) is 9.88 Å². The zero-order valence-electron chi connectivity index (χ0n) is 17.7. The Hall–Kier alpha value is -3.32. The molecule has 1 aromatic carbocycles. The number of ketones is 2. The Labute approximate surface area is 180 Å². The SMILES string of the molecule is CCN(CC)CCN1C(=O)C(=O)C(C(=O)c2cc3ccccc3o2)C1c1cccnc1. The molecular formula is C24H25N3O4. The number of carbonyl (C=O) groups excluding carboxylic acids is 3. The molecule has 3 heterocycles. The van der Waals surface area contributed by atoms with Crippen molar-refractivity contribution in [3.05, 3.63) is 66.2 Å². The lowest BCUT2D eigenvalue weighted by atomic mass is 9.89. The van der Waals surface area contributed by atoms with Gasteiger partial charge in [0.05, 0.1) is 6.04 Å². The number of nitrogens with zero attached hydrogens (tertiary/aromatic N) is 3. The van der Waals surface area contributed by atoms with Gasteiger partial charge >= 0.3 is 0 Å². The van der Waals surface area contributed by atoms with Crippen LogP contribution in [0.15, 0.2) is 59.3 Å². The molecule has 3 aromatic rings. The number of likely N-dealkylation sites (tertiary alicyclic amines) is 1. The molecule has 1 saturated heterocycles. The van der Waals surface area contributed by atoms with Crippen molar-refractivity contribution < 1.29 is 18.8 Å². The molecule has 2 unspecified atom stereocenters. The first kappa shape index (κ1) is 20.9. The molecule has 0 N–H and O–H groups in total. The highest BCUT2D eigenvalue weighted by Gasteiger charge is 2.52. The summed E-state index contributed by atoms with van der Waals surface area (Å²) in [5.41, 5.74) is 1.23. The number of pyridine rings is 1. The van der Waals surface area contributed by atoms with E-state index in [1.165, 1.54) is 4.90 Å². The molecular weight excluding hydrogens is 394 g/mol. The molecule has 4 rings (SSSR count). The van der Waals surface area contributed by atoms with Crippen molar-refractivity contribution in [2.24, 2.45) is 5.92 Å². The lowest BCUT2D eigenvalue weighted by Crippen LogP contribution is -2.38. The van der Waals surface area contributed by atoms with Crippen LogP contribution in [0, 0.1) is 5.92 Å². The zero-order valence-corrected chi connectivity index (χ0v) is 17.7. The summed E-state index contributed by atoms with van der Waals surface area (Å²) in [7, 11) is 0. The number of fused-ring (bicyclic) bond motifs is 1. The molecule has 0 spiro atoms. The highest BCUT2D eigenvalue weighted by molar-refractivity contribution is 6.43. The minimum atomic E-state index is -1.16. The van der Waals surface area contributed by atoms with Crippen LogP contribution in [0.5, 0.6) is 0 Å². The zero-order chi connectivity index (χ0) is 22.0. The average Bonchev–Trinajstić information content (AvgIpc) is 3.34. The molecule has 31 heavy (non-hydrogen) atoms. The van der Waals surface area contributed by atoms with E-state index in [9.17, 15) is 14.4 Å². The van der Waals surface area contributed by atoms with E-state index in [1.54, 1.807) is 36.7 Å². The van der Waals surface area contributed by atoms with Crippen LogP contribution >= 0.6 is 0 Å². The average molecular weight is 419 g/mol. The van der Waals surface area contributed by atoms with Crippen LogP contribution in [0.2, 0.25) is 0 Å². The van der Waals surface area contributed by atoms with E-state index in [4.69, 9.17) is 4.42 Å². The van der Waals surface area contributed by atoms with Crippen LogP contribution < -0.4 is 0 Å². The van der Waals surface area contributed by atoms with E-state index < -0.39 is 29.4 Å². The summed E-state index contributed by atoms with van der Waals surface area (Å²) in [6.45, 7) is 6.75. The monoisotopic (exact) mass is 419 g/mol. The van der Waals surface area contributed by atoms with Crippen molar-refractivity contribution in [3.8, 4) is 0 Å². The number of hydrogen-bond donors (Lipinski definition) is 0. The Morgan fingerprint density at radius 2 is 1.90 bits per heavy atom. The fourth-order valence-corrected chi connectivity index (χ4v) is 4.20. The smallest absolute Gasteiger partial charge is 0.291 e. The number of benzene rings is 1. The quantitative estimate of drug-likeness (QED) is 0.317. The van der Waals surface area contributed by atoms with Crippen LogP contribution in [-0.2, 0) is 9.59 Å². The van der Waals surface area contributed by atoms with Crippen LogP contribution in [0.3, 0.4) is 0 Å². The summed E-state index contributed by atoms with van der Waals surface area (Å²) >= 11 is 0. The second-order valence-corrected chi connectivity index (χ2v) is 7.61. The summed E-state index contributed by atoms with van der Waals surface area (Å²) in [5.74, 6) is -2.87. The number of Topliss-reactive ketones (excluding diaryl/α,β-unsaturated/α-hetero) is 2. The van der Waals surface area contributed by atoms with Gasteiger partial charge in [0.15, 0.2) is 5.76 Å². The van der Waals surface area contributed by atoms with Crippen molar-refractivity contribution in [2.45, 2.75) is 19.9 Å². The third kappa shape index (κ3) is 3.88. The lowest BCUT2D eigenvalue weighted by molar-refractivity contribution is -0.140. The van der Waals surface area contributed by atoms with E-state index in [-0.39, 0.29) is 5.76 Å². The molecule has 2 atom stereocenters. The van der Waals surface area contributed by atoms with Gasteiger partial charge < -0.3 is 14.2 Å². The van der Waals surface area contributed by atoms with Crippen molar-refractivity contribution in [3.63, 3.8) is 0 Å². The number of aromatic nitrogens is 1. The summed E-state index contributed by atoms with van der Waals surface area (Å²) in [4.78, 5) is 47.2. The number of amides is 1. The standard InChI is InChI=1S/C24H25N3O4/c1-3-26(4-2)12-13-27-21(17-9-7-11-25-15-17)20(23(29)24(27)30)22(28)19-14-16-8-5-6-10-18(16)31-19/h5-11,14-15,20-21H,3-4,12-13H2,1-2H3. The molecule has 160 valence electrons. The minimum absolute atomic E-state index is 0.0897. The first-order valence-electron chi connectivity index (χ1n) is 10.5. The topological polar surface area (TPSA) is 83.7 Å². The van der Waals surface area contributed by atoms with E-state index in [0.717, 1.165) is 18.5 Å². The number of likely N-dealkylation sites (N-methyl/N-ethyl adjacent to an activating group) is 1. The van der Waals surface area contributed by atoms with Crippen molar-refractivity contribution in [1.82, 2.24) is 14.8 Å². The molecule has 0 radical (unpaired) electrons. The van der Waals surface area contributed by atoms with Gasteiger partial charge in [-0.1, -0.05) is 38.1 Å². The summed E-state index contributed by atoms with van der Waals surface area (Å²) < 4.78 is 5.72. The Morgan fingerprint density at radius 1 is 1.13 bits per heavy atom. The predicted octanol–water partition coefficient (Wildman–Crippen LogP) is 3.12. The lowest BCUT2D eigenvalue weighted by Gasteiger charge is -2.29. The highest BCUT2D eigenvalue weighted by Crippen LogP contribution is 2.38. The molecule has 2 aromatic heterocycles. The third-order valence-corrected chi connectivity index (χ3v) is 5.93. The summed E-state index contributed by atoms with van der Waals surface area (Å²) in [6.07, 6.45) is 3.23. The Morgan fingerprint density at radius 3 is 2.58 bits per heavy atom. The van der Waals surface area contributed by atoms with Gasteiger partial charge in [-0.15, -0.1) is 0 Å². The largest absolute Gasteiger partial charge is 0.453 e. The first-order valence-corrected chi connectivity index (χ1v) is 10.5. The summed E-state index contributed by atoms with van der Waals surface area (Å²) in [5, 5.41) is 0.777. The Kier molecular flexibility index (Phi) is 5.95. The third-order valence-electron chi connectivity index (χ3n) is 5.93. The van der Waals surface area contributed by atoms with E-state index in [1.807, 2.05) is 32.0 Å². The van der Waals surface area contributed by atoms with Gasteiger partial charge in [0, 0.05) is 30.9 Å². The maximum absolute atomic E-state index is 13.4. The van der Waals surface area contributed by atoms with E-state index in [0.29, 0.717) is 24.2 Å². The fraction of sp³-hybridized carbons (Fsp3) is 0.333. The van der Waals surface area contributed by atoms with Crippen molar-refractivity contribution >= 4 is 28.4 Å². The molecule has 7 nitrogen and oxygen atoms in total. The molecule has 0 aliphatic carbocycles. The maximum Gasteiger partial charge on any atom is 0.291 e. The van der Waals surface area contributed by atoms with Crippen molar-refractivity contribution in [2.75, 3.05) is 26.2 Å². The van der Waals surface area contributed by atoms with Gasteiger partial charge in [-0.2, -0.15) is 0 Å². The Bertz CT molecular complexity index is 1070. The van der Waals surface area contributed by atoms with Gasteiger partial charge in [-0.3, -0.25) is 19.4 Å². The number of furan rings is 1. The van der Waals surface area contributed by atoms with Crippen LogP contribution in [0.25, 0.3) is 11.0 Å². The minimum Gasteiger partial charge on any atom is -0.453 e. The second kappa shape index (κ2) is 8.81. The van der Waals surface area contributed by atoms with Gasteiger partial charge in [-0.05, 0) is 36.9 Å². The number of para-hydroxylation sites is 1. The first-order chi connectivity index (χ1) is 15.0. The summed E-state index contributed by atoms with van der Waals surface area (Å²) in [6, 6.07) is 11.7. The van der Waals surface area contributed by atoms with Crippen LogP contribution in [-0.4, -0.2) is 58.4 Å². The van der Waals surface area contributed by atoms with Crippen LogP contribution in [0.1, 0.15) is 36.0 Å².